The molecule has 2 atom stereocenters. The van der Waals surface area contributed by atoms with Gasteiger partial charge in [-0.25, -0.2) is 0 Å². The van der Waals surface area contributed by atoms with Crippen molar-refractivity contribution in [2.45, 2.75) is 103 Å². The molecule has 0 aliphatic rings. The summed E-state index contributed by atoms with van der Waals surface area (Å²) in [6, 6.07) is -0.534. The third-order valence-electron chi connectivity index (χ3n) is 4.82. The topological polar surface area (TPSA) is 124 Å². The SMILES string of the molecule is CCCCCCCCCC(CC(=O)O)C(C)(C)NC(=O)C(N)CC.O. The maximum atomic E-state index is 12.1. The van der Waals surface area contributed by atoms with E-state index in [2.05, 4.69) is 12.2 Å². The molecule has 150 valence electrons. The van der Waals surface area contributed by atoms with E-state index >= 15 is 0 Å². The molecule has 0 rings (SSSR count). The lowest BCUT2D eigenvalue weighted by molar-refractivity contribution is -0.139. The highest BCUT2D eigenvalue weighted by Crippen LogP contribution is 2.27. The zero-order valence-corrected chi connectivity index (χ0v) is 16.6. The highest BCUT2D eigenvalue weighted by Gasteiger charge is 2.33. The molecule has 0 aliphatic carbocycles. The summed E-state index contributed by atoms with van der Waals surface area (Å²) in [5.41, 5.74) is 5.21. The van der Waals surface area contributed by atoms with Gasteiger partial charge in [-0.05, 0) is 32.6 Å². The van der Waals surface area contributed by atoms with Crippen molar-refractivity contribution in [1.82, 2.24) is 5.32 Å². The predicted octanol–water partition coefficient (Wildman–Crippen LogP) is 3.03. The van der Waals surface area contributed by atoms with Gasteiger partial charge in [0.2, 0.25) is 5.91 Å². The molecule has 0 saturated heterocycles. The molecule has 0 saturated carbocycles. The maximum Gasteiger partial charge on any atom is 0.303 e. The van der Waals surface area contributed by atoms with Crippen LogP contribution in [0.4, 0.5) is 0 Å². The maximum absolute atomic E-state index is 12.1. The average molecular weight is 361 g/mol. The van der Waals surface area contributed by atoms with Crippen LogP contribution in [-0.2, 0) is 9.59 Å². The molecule has 0 aromatic carbocycles. The Labute approximate surface area is 153 Å². The third-order valence-corrected chi connectivity index (χ3v) is 4.82. The van der Waals surface area contributed by atoms with E-state index in [0.717, 1.165) is 19.3 Å². The van der Waals surface area contributed by atoms with Crippen LogP contribution in [0.25, 0.3) is 0 Å². The number of carboxylic acid groups (broad SMARTS) is 1. The first kappa shape index (κ1) is 26.1. The molecular weight excluding hydrogens is 320 g/mol. The molecule has 0 radical (unpaired) electrons. The van der Waals surface area contributed by atoms with Gasteiger partial charge in [0.25, 0.3) is 0 Å². The molecule has 0 aromatic heterocycles. The monoisotopic (exact) mass is 360 g/mol. The Balaban J connectivity index is 0. The van der Waals surface area contributed by atoms with Gasteiger partial charge in [0, 0.05) is 5.54 Å². The molecule has 0 bridgehead atoms. The molecule has 25 heavy (non-hydrogen) atoms. The van der Waals surface area contributed by atoms with Gasteiger partial charge >= 0.3 is 5.97 Å². The molecule has 2 unspecified atom stereocenters. The van der Waals surface area contributed by atoms with E-state index < -0.39 is 17.6 Å². The van der Waals surface area contributed by atoms with Gasteiger partial charge in [0.15, 0.2) is 0 Å². The zero-order chi connectivity index (χ0) is 18.6. The second kappa shape index (κ2) is 14.1. The summed E-state index contributed by atoms with van der Waals surface area (Å²) in [7, 11) is 0. The first-order chi connectivity index (χ1) is 11.2. The molecule has 0 spiro atoms. The second-order valence-corrected chi connectivity index (χ2v) is 7.43. The lowest BCUT2D eigenvalue weighted by Gasteiger charge is -2.35. The smallest absolute Gasteiger partial charge is 0.303 e. The van der Waals surface area contributed by atoms with E-state index in [0.29, 0.717) is 6.42 Å². The van der Waals surface area contributed by atoms with Crippen molar-refractivity contribution in [1.29, 1.82) is 0 Å². The first-order valence-electron chi connectivity index (χ1n) is 9.54. The van der Waals surface area contributed by atoms with E-state index in [1.165, 1.54) is 32.1 Å². The first-order valence-corrected chi connectivity index (χ1v) is 9.54. The predicted molar refractivity (Wildman–Crippen MR) is 102 cm³/mol. The summed E-state index contributed by atoms with van der Waals surface area (Å²) in [4.78, 5) is 23.3. The Bertz CT molecular complexity index is 372. The summed E-state index contributed by atoms with van der Waals surface area (Å²) < 4.78 is 0. The minimum atomic E-state index is -0.815. The van der Waals surface area contributed by atoms with Crippen LogP contribution in [0.1, 0.15) is 91.9 Å². The van der Waals surface area contributed by atoms with E-state index in [4.69, 9.17) is 5.73 Å². The lowest BCUT2D eigenvalue weighted by Crippen LogP contribution is -2.54. The number of rotatable bonds is 14. The molecule has 6 N–H and O–H groups in total. The Morgan fingerprint density at radius 2 is 1.56 bits per heavy atom. The Kier molecular flexibility index (Phi) is 14.7. The van der Waals surface area contributed by atoms with Crippen LogP contribution in [0.15, 0.2) is 0 Å². The van der Waals surface area contributed by atoms with Crippen molar-refractivity contribution < 1.29 is 20.2 Å². The fourth-order valence-electron chi connectivity index (χ4n) is 2.97. The average Bonchev–Trinajstić information content (AvgIpc) is 2.51. The zero-order valence-electron chi connectivity index (χ0n) is 16.6. The number of aliphatic carboxylic acids is 1. The molecule has 6 nitrogen and oxygen atoms in total. The fourth-order valence-corrected chi connectivity index (χ4v) is 2.97. The van der Waals surface area contributed by atoms with Gasteiger partial charge in [-0.3, -0.25) is 9.59 Å². The van der Waals surface area contributed by atoms with Gasteiger partial charge in [-0.2, -0.15) is 0 Å². The van der Waals surface area contributed by atoms with E-state index in [9.17, 15) is 14.7 Å². The quantitative estimate of drug-likeness (QED) is 0.412. The number of carboxylic acids is 1. The van der Waals surface area contributed by atoms with Crippen LogP contribution in [0.5, 0.6) is 0 Å². The number of nitrogens with two attached hydrogens (primary N) is 1. The van der Waals surface area contributed by atoms with Crippen molar-refractivity contribution in [3.05, 3.63) is 0 Å². The third kappa shape index (κ3) is 11.9. The van der Waals surface area contributed by atoms with Crippen molar-refractivity contribution in [2.75, 3.05) is 0 Å². The van der Waals surface area contributed by atoms with E-state index in [1.54, 1.807) is 0 Å². The van der Waals surface area contributed by atoms with Crippen molar-refractivity contribution in [3.63, 3.8) is 0 Å². The van der Waals surface area contributed by atoms with E-state index in [1.807, 2.05) is 20.8 Å². The van der Waals surface area contributed by atoms with Crippen LogP contribution in [0.3, 0.4) is 0 Å². The van der Waals surface area contributed by atoms with Crippen LogP contribution in [-0.4, -0.2) is 34.0 Å². The molecule has 0 aliphatic heterocycles. The molecular formula is C19H40N2O4. The van der Waals surface area contributed by atoms with Gasteiger partial charge < -0.3 is 21.6 Å². The van der Waals surface area contributed by atoms with Gasteiger partial charge in [-0.1, -0.05) is 58.8 Å². The number of hydrogen-bond donors (Lipinski definition) is 3. The Morgan fingerprint density at radius 3 is 2.04 bits per heavy atom. The number of carbonyl (C=O) groups is 2. The number of amides is 1. The molecule has 0 heterocycles. The van der Waals surface area contributed by atoms with Crippen LogP contribution in [0, 0.1) is 5.92 Å². The van der Waals surface area contributed by atoms with E-state index in [-0.39, 0.29) is 23.7 Å². The van der Waals surface area contributed by atoms with Gasteiger partial charge in [-0.15, -0.1) is 0 Å². The highest BCUT2D eigenvalue weighted by molar-refractivity contribution is 5.82. The summed E-state index contributed by atoms with van der Waals surface area (Å²) in [5, 5.41) is 12.2. The minimum absolute atomic E-state index is 0. The largest absolute Gasteiger partial charge is 0.481 e. The summed E-state index contributed by atoms with van der Waals surface area (Å²) >= 11 is 0. The standard InChI is InChI=1S/C19H38N2O3.H2O/c1-5-7-8-9-10-11-12-13-15(14-17(22)23)19(3,4)21-18(24)16(20)6-2;/h15-16H,5-14,20H2,1-4H3,(H,21,24)(H,22,23);1H2. The van der Waals surface area contributed by atoms with Crippen LogP contribution in [0.2, 0.25) is 0 Å². The summed E-state index contributed by atoms with van der Waals surface area (Å²) in [6.07, 6.45) is 9.86. The van der Waals surface area contributed by atoms with Gasteiger partial charge in [0.1, 0.15) is 0 Å². The number of nitrogens with one attached hydrogen (secondary N) is 1. The Morgan fingerprint density at radius 1 is 1.04 bits per heavy atom. The summed E-state index contributed by atoms with van der Waals surface area (Å²) in [5.74, 6) is -1.10. The number of hydrogen-bond acceptors (Lipinski definition) is 3. The Hall–Kier alpha value is -1.14. The normalized spacial score (nSPS) is 13.6. The molecule has 0 aromatic rings. The molecule has 6 heteroatoms. The molecule has 1 amide bonds. The highest BCUT2D eigenvalue weighted by atomic mass is 16.4. The van der Waals surface area contributed by atoms with Crippen molar-refractivity contribution in [3.8, 4) is 0 Å². The van der Waals surface area contributed by atoms with Crippen molar-refractivity contribution >= 4 is 11.9 Å². The lowest BCUT2D eigenvalue weighted by atomic mass is 9.80. The summed E-state index contributed by atoms with van der Waals surface area (Å²) in [6.45, 7) is 7.88. The molecule has 0 fully saturated rings. The second-order valence-electron chi connectivity index (χ2n) is 7.43. The number of unbranched alkanes of at least 4 members (excludes halogenated alkanes) is 6. The fraction of sp³-hybridized carbons (Fsp3) is 0.895. The van der Waals surface area contributed by atoms with Crippen molar-refractivity contribution in [2.24, 2.45) is 11.7 Å². The number of carbonyl (C=O) groups excluding carboxylic acids is 1. The van der Waals surface area contributed by atoms with Gasteiger partial charge in [0.05, 0.1) is 12.5 Å². The van der Waals surface area contributed by atoms with Crippen LogP contribution >= 0.6 is 0 Å². The van der Waals surface area contributed by atoms with Crippen LogP contribution < -0.4 is 11.1 Å². The minimum Gasteiger partial charge on any atom is -0.481 e.